The summed E-state index contributed by atoms with van der Waals surface area (Å²) in [5.41, 5.74) is -0.796. The number of urea groups is 1. The lowest BCUT2D eigenvalue weighted by atomic mass is 9.96. The van der Waals surface area contributed by atoms with Crippen molar-refractivity contribution < 1.29 is 14.4 Å². The Morgan fingerprint density at radius 3 is 2.17 bits per heavy atom. The zero-order valence-corrected chi connectivity index (χ0v) is 13.7. The Kier molecular flexibility index (Phi) is 3.39. The van der Waals surface area contributed by atoms with Crippen LogP contribution in [0.5, 0.6) is 0 Å². The van der Waals surface area contributed by atoms with Crippen molar-refractivity contribution in [1.82, 2.24) is 15.1 Å². The third-order valence-electron chi connectivity index (χ3n) is 5.69. The molecule has 4 fully saturated rings. The van der Waals surface area contributed by atoms with E-state index in [1.807, 2.05) is 4.90 Å². The number of rotatable bonds is 7. The minimum Gasteiger partial charge on any atom is -0.341 e. The Hall–Kier alpha value is -1.59. The summed E-state index contributed by atoms with van der Waals surface area (Å²) in [5.74, 6) is 1.17. The molecule has 6 nitrogen and oxygen atoms in total. The Morgan fingerprint density at radius 2 is 1.70 bits per heavy atom. The standard InChI is InChI=1S/C17H25N3O3/c1-17(13-6-7-13)15(22)20(16(23)18-17)10-14(21)19(8-11-2-3-11)9-12-4-5-12/h11-13H,2-10H2,1H3,(H,18,23). The monoisotopic (exact) mass is 319 g/mol. The van der Waals surface area contributed by atoms with Crippen molar-refractivity contribution in [3.63, 3.8) is 0 Å². The van der Waals surface area contributed by atoms with Gasteiger partial charge in [-0.3, -0.25) is 14.5 Å². The second kappa shape index (κ2) is 5.21. The highest BCUT2D eigenvalue weighted by Crippen LogP contribution is 2.42. The lowest BCUT2D eigenvalue weighted by Crippen LogP contribution is -2.47. The molecule has 23 heavy (non-hydrogen) atoms. The fourth-order valence-corrected chi connectivity index (χ4v) is 3.53. The smallest absolute Gasteiger partial charge is 0.325 e. The van der Waals surface area contributed by atoms with Gasteiger partial charge in [-0.1, -0.05) is 0 Å². The third-order valence-corrected chi connectivity index (χ3v) is 5.69. The van der Waals surface area contributed by atoms with Crippen LogP contribution in [0.15, 0.2) is 0 Å². The fraction of sp³-hybridized carbons (Fsp3) is 0.824. The lowest BCUT2D eigenvalue weighted by Gasteiger charge is -2.25. The second-order valence-corrected chi connectivity index (χ2v) is 7.98. The summed E-state index contributed by atoms with van der Waals surface area (Å²) in [6.07, 6.45) is 6.71. The van der Waals surface area contributed by atoms with Gasteiger partial charge in [0.15, 0.2) is 0 Å². The highest BCUT2D eigenvalue weighted by atomic mass is 16.2. The van der Waals surface area contributed by atoms with Crippen molar-refractivity contribution in [2.24, 2.45) is 17.8 Å². The van der Waals surface area contributed by atoms with Crippen molar-refractivity contribution in [3.05, 3.63) is 0 Å². The van der Waals surface area contributed by atoms with E-state index in [9.17, 15) is 14.4 Å². The Morgan fingerprint density at radius 1 is 1.13 bits per heavy atom. The van der Waals surface area contributed by atoms with E-state index in [-0.39, 0.29) is 24.3 Å². The van der Waals surface area contributed by atoms with Crippen LogP contribution < -0.4 is 5.32 Å². The fourth-order valence-electron chi connectivity index (χ4n) is 3.53. The number of carbonyl (C=O) groups is 3. The topological polar surface area (TPSA) is 69.7 Å². The summed E-state index contributed by atoms with van der Waals surface area (Å²) in [7, 11) is 0. The molecule has 1 unspecified atom stereocenters. The molecule has 126 valence electrons. The van der Waals surface area contributed by atoms with Crippen LogP contribution in [0, 0.1) is 17.8 Å². The first-order chi connectivity index (χ1) is 11.0. The average molecular weight is 319 g/mol. The predicted octanol–water partition coefficient (Wildman–Crippen LogP) is 1.36. The minimum atomic E-state index is -0.796. The number of amides is 4. The Balaban J connectivity index is 1.41. The summed E-state index contributed by atoms with van der Waals surface area (Å²) in [4.78, 5) is 40.5. The molecule has 0 bridgehead atoms. The van der Waals surface area contributed by atoms with Crippen molar-refractivity contribution in [1.29, 1.82) is 0 Å². The van der Waals surface area contributed by atoms with Crippen LogP contribution in [0.2, 0.25) is 0 Å². The molecule has 1 aliphatic heterocycles. The molecule has 4 amide bonds. The number of hydrogen-bond donors (Lipinski definition) is 1. The summed E-state index contributed by atoms with van der Waals surface area (Å²) < 4.78 is 0. The Bertz CT molecular complexity index is 537. The summed E-state index contributed by atoms with van der Waals surface area (Å²) in [6, 6.07) is -0.407. The van der Waals surface area contributed by atoms with E-state index in [1.165, 1.54) is 25.7 Å². The van der Waals surface area contributed by atoms with Crippen LogP contribution in [0.25, 0.3) is 0 Å². The van der Waals surface area contributed by atoms with Crippen molar-refractivity contribution in [2.45, 2.75) is 51.0 Å². The van der Waals surface area contributed by atoms with Gasteiger partial charge in [0.25, 0.3) is 5.91 Å². The maximum Gasteiger partial charge on any atom is 0.325 e. The molecule has 6 heteroatoms. The van der Waals surface area contributed by atoms with Crippen molar-refractivity contribution in [2.75, 3.05) is 19.6 Å². The van der Waals surface area contributed by atoms with Gasteiger partial charge in [0.05, 0.1) is 0 Å². The van der Waals surface area contributed by atoms with E-state index in [1.54, 1.807) is 6.92 Å². The van der Waals surface area contributed by atoms with Crippen LogP contribution >= 0.6 is 0 Å². The lowest BCUT2D eigenvalue weighted by molar-refractivity contribution is -0.139. The first-order valence-corrected chi connectivity index (χ1v) is 8.89. The summed E-state index contributed by atoms with van der Waals surface area (Å²) >= 11 is 0. The van der Waals surface area contributed by atoms with Crippen LogP contribution in [-0.4, -0.2) is 52.8 Å². The molecule has 0 aromatic heterocycles. The number of hydrogen-bond acceptors (Lipinski definition) is 3. The first kappa shape index (κ1) is 15.0. The highest BCUT2D eigenvalue weighted by molar-refractivity contribution is 6.09. The van der Waals surface area contributed by atoms with Crippen LogP contribution in [-0.2, 0) is 9.59 Å². The van der Waals surface area contributed by atoms with E-state index in [4.69, 9.17) is 0 Å². The van der Waals surface area contributed by atoms with Crippen molar-refractivity contribution in [3.8, 4) is 0 Å². The minimum absolute atomic E-state index is 0.0765. The molecule has 0 radical (unpaired) electrons. The van der Waals surface area contributed by atoms with E-state index in [2.05, 4.69) is 5.32 Å². The number of imide groups is 1. The van der Waals surface area contributed by atoms with Gasteiger partial charge in [0.1, 0.15) is 12.1 Å². The number of nitrogens with zero attached hydrogens (tertiary/aromatic N) is 2. The molecule has 3 saturated carbocycles. The second-order valence-electron chi connectivity index (χ2n) is 7.98. The van der Waals surface area contributed by atoms with E-state index >= 15 is 0 Å². The van der Waals surface area contributed by atoms with Gasteiger partial charge in [-0.15, -0.1) is 0 Å². The molecule has 1 N–H and O–H groups in total. The van der Waals surface area contributed by atoms with Crippen LogP contribution in [0.3, 0.4) is 0 Å². The van der Waals surface area contributed by atoms with Gasteiger partial charge in [-0.2, -0.15) is 0 Å². The van der Waals surface area contributed by atoms with Gasteiger partial charge < -0.3 is 10.2 Å². The van der Waals surface area contributed by atoms with Gasteiger partial charge in [0.2, 0.25) is 5.91 Å². The predicted molar refractivity (Wildman–Crippen MR) is 83.4 cm³/mol. The van der Waals surface area contributed by atoms with E-state index in [0.717, 1.165) is 30.8 Å². The average Bonchev–Trinajstić information content (AvgIpc) is 3.37. The van der Waals surface area contributed by atoms with Crippen LogP contribution in [0.4, 0.5) is 4.79 Å². The molecule has 3 aliphatic carbocycles. The molecule has 0 spiro atoms. The number of carbonyl (C=O) groups excluding carboxylic acids is 3. The SMILES string of the molecule is CC1(C2CC2)NC(=O)N(CC(=O)N(CC2CC2)CC2CC2)C1=O. The molecule has 1 heterocycles. The molecule has 4 rings (SSSR count). The molecular weight excluding hydrogens is 294 g/mol. The Labute approximate surface area is 136 Å². The zero-order valence-electron chi connectivity index (χ0n) is 13.7. The quantitative estimate of drug-likeness (QED) is 0.720. The number of nitrogens with one attached hydrogen (secondary N) is 1. The molecule has 1 saturated heterocycles. The maximum atomic E-state index is 12.7. The third kappa shape index (κ3) is 2.95. The van der Waals surface area contributed by atoms with Gasteiger partial charge >= 0.3 is 6.03 Å². The highest BCUT2D eigenvalue weighted by Gasteiger charge is 2.56. The molecule has 4 aliphatic rings. The molecule has 0 aromatic carbocycles. The normalized spacial score (nSPS) is 30.6. The molecular formula is C17H25N3O3. The maximum absolute atomic E-state index is 12.7. The van der Waals surface area contributed by atoms with E-state index < -0.39 is 11.6 Å². The van der Waals surface area contributed by atoms with Gasteiger partial charge in [-0.05, 0) is 63.2 Å². The summed E-state index contributed by atoms with van der Waals surface area (Å²) in [6.45, 7) is 3.27. The van der Waals surface area contributed by atoms with Gasteiger partial charge in [0, 0.05) is 13.1 Å². The zero-order chi connectivity index (χ0) is 16.2. The molecule has 1 atom stereocenters. The van der Waals surface area contributed by atoms with Gasteiger partial charge in [-0.25, -0.2) is 4.79 Å². The van der Waals surface area contributed by atoms with Crippen molar-refractivity contribution >= 4 is 17.8 Å². The largest absolute Gasteiger partial charge is 0.341 e. The first-order valence-electron chi connectivity index (χ1n) is 8.89. The summed E-state index contributed by atoms with van der Waals surface area (Å²) in [5, 5.41) is 2.81. The molecule has 0 aromatic rings. The van der Waals surface area contributed by atoms with E-state index in [0.29, 0.717) is 11.8 Å². The van der Waals surface area contributed by atoms with Crippen LogP contribution in [0.1, 0.15) is 45.4 Å².